The van der Waals surface area contributed by atoms with E-state index in [4.69, 9.17) is 0 Å². The predicted octanol–water partition coefficient (Wildman–Crippen LogP) is 4.07. The van der Waals surface area contributed by atoms with E-state index in [2.05, 4.69) is 49.4 Å². The monoisotopic (exact) mass is 308 g/mol. The average molecular weight is 309 g/mol. The Kier molecular flexibility index (Phi) is 3.16. The highest BCUT2D eigenvalue weighted by molar-refractivity contribution is 9.10. The minimum atomic E-state index is 0.702. The molecule has 0 amide bonds. The van der Waals surface area contributed by atoms with Gasteiger partial charge in [-0.3, -0.25) is 4.98 Å². The Morgan fingerprint density at radius 1 is 1.41 bits per heavy atom. The van der Waals surface area contributed by atoms with E-state index < -0.39 is 0 Å². The van der Waals surface area contributed by atoms with Gasteiger partial charge >= 0.3 is 0 Å². The number of pyridine rings is 1. The fourth-order valence-corrected chi connectivity index (χ4v) is 3.00. The van der Waals surface area contributed by atoms with Crippen LogP contribution in [0.15, 0.2) is 40.4 Å². The summed E-state index contributed by atoms with van der Waals surface area (Å²) in [4.78, 5) is 8.14. The van der Waals surface area contributed by atoms with Crippen LogP contribution in [0.25, 0.3) is 0 Å². The fourth-order valence-electron chi connectivity index (χ4n) is 1.95. The number of halogens is 1. The van der Waals surface area contributed by atoms with Gasteiger partial charge < -0.3 is 4.90 Å². The Hall–Kier alpha value is -0.870. The molecule has 0 saturated heterocycles. The molecule has 1 saturated carbocycles. The van der Waals surface area contributed by atoms with Crippen LogP contribution in [0.2, 0.25) is 0 Å². The van der Waals surface area contributed by atoms with Gasteiger partial charge in [-0.15, -0.1) is 11.3 Å². The molecule has 0 atom stereocenters. The van der Waals surface area contributed by atoms with E-state index in [0.717, 1.165) is 11.0 Å². The molecule has 2 heterocycles. The first-order chi connectivity index (χ1) is 8.33. The van der Waals surface area contributed by atoms with Crippen LogP contribution in [0.3, 0.4) is 0 Å². The van der Waals surface area contributed by atoms with Gasteiger partial charge in [0.1, 0.15) is 0 Å². The molecule has 3 rings (SSSR count). The average Bonchev–Trinajstić information content (AvgIpc) is 3.03. The molecule has 2 aromatic heterocycles. The van der Waals surface area contributed by atoms with Crippen molar-refractivity contribution >= 4 is 33.0 Å². The molecule has 17 heavy (non-hydrogen) atoms. The number of thiophene rings is 1. The van der Waals surface area contributed by atoms with Crippen LogP contribution in [0, 0.1) is 0 Å². The van der Waals surface area contributed by atoms with Crippen molar-refractivity contribution in [2.45, 2.75) is 25.4 Å². The lowest BCUT2D eigenvalue weighted by Gasteiger charge is -2.23. The Morgan fingerprint density at radius 3 is 2.94 bits per heavy atom. The van der Waals surface area contributed by atoms with E-state index >= 15 is 0 Å². The van der Waals surface area contributed by atoms with Gasteiger partial charge in [0.15, 0.2) is 0 Å². The number of anilines is 1. The largest absolute Gasteiger partial charge is 0.362 e. The van der Waals surface area contributed by atoms with Crippen molar-refractivity contribution < 1.29 is 0 Å². The number of aromatic nitrogens is 1. The van der Waals surface area contributed by atoms with E-state index in [1.807, 2.05) is 23.7 Å². The molecule has 1 aliphatic carbocycles. The maximum Gasteiger partial charge on any atom is 0.0569 e. The summed E-state index contributed by atoms with van der Waals surface area (Å²) in [5.74, 6) is 0. The molecule has 0 spiro atoms. The molecule has 1 aliphatic rings. The summed E-state index contributed by atoms with van der Waals surface area (Å²) in [6, 6.07) is 7.17. The molecule has 2 nitrogen and oxygen atoms in total. The van der Waals surface area contributed by atoms with Gasteiger partial charge in [0.25, 0.3) is 0 Å². The first kappa shape index (κ1) is 11.2. The van der Waals surface area contributed by atoms with E-state index in [-0.39, 0.29) is 0 Å². The number of hydrogen-bond donors (Lipinski definition) is 0. The van der Waals surface area contributed by atoms with Crippen molar-refractivity contribution in [1.82, 2.24) is 4.98 Å². The molecule has 88 valence electrons. The number of nitrogens with zero attached hydrogens (tertiary/aromatic N) is 2. The van der Waals surface area contributed by atoms with Crippen molar-refractivity contribution in [2.24, 2.45) is 0 Å². The topological polar surface area (TPSA) is 16.1 Å². The zero-order valence-corrected chi connectivity index (χ0v) is 11.7. The van der Waals surface area contributed by atoms with Crippen LogP contribution in [-0.4, -0.2) is 11.0 Å². The summed E-state index contributed by atoms with van der Waals surface area (Å²) in [6.45, 7) is 1.00. The third-order valence-corrected chi connectivity index (χ3v) is 4.21. The second kappa shape index (κ2) is 4.78. The maximum absolute atomic E-state index is 4.26. The van der Waals surface area contributed by atoms with Crippen LogP contribution in [0.1, 0.15) is 17.7 Å². The first-order valence-corrected chi connectivity index (χ1v) is 7.40. The molecule has 0 bridgehead atoms. The minimum absolute atomic E-state index is 0.702. The molecule has 0 radical (unpaired) electrons. The quantitative estimate of drug-likeness (QED) is 0.846. The van der Waals surface area contributed by atoms with Gasteiger partial charge in [0.05, 0.1) is 18.4 Å². The molecule has 1 fully saturated rings. The lowest BCUT2D eigenvalue weighted by molar-refractivity contribution is 0.800. The van der Waals surface area contributed by atoms with Gasteiger partial charge in [0, 0.05) is 21.6 Å². The number of rotatable bonds is 4. The van der Waals surface area contributed by atoms with Gasteiger partial charge in [-0.25, -0.2) is 0 Å². The smallest absolute Gasteiger partial charge is 0.0569 e. The highest BCUT2D eigenvalue weighted by atomic mass is 79.9. The van der Waals surface area contributed by atoms with Gasteiger partial charge in [-0.1, -0.05) is 6.07 Å². The minimum Gasteiger partial charge on any atom is -0.362 e. The molecular formula is C13H13BrN2S. The fraction of sp³-hybridized carbons (Fsp3) is 0.308. The first-order valence-electron chi connectivity index (χ1n) is 5.72. The van der Waals surface area contributed by atoms with E-state index in [0.29, 0.717) is 6.04 Å². The Balaban J connectivity index is 1.85. The molecule has 0 aliphatic heterocycles. The molecule has 0 unspecified atom stereocenters. The lowest BCUT2D eigenvalue weighted by atomic mass is 10.3. The highest BCUT2D eigenvalue weighted by Gasteiger charge is 2.29. The SMILES string of the molecule is Brc1cncc(N(Cc2cccs2)C2CC2)c1. The summed E-state index contributed by atoms with van der Waals surface area (Å²) in [7, 11) is 0. The van der Waals surface area contributed by atoms with Gasteiger partial charge in [-0.05, 0) is 46.3 Å². The molecule has 4 heteroatoms. The van der Waals surface area contributed by atoms with E-state index in [9.17, 15) is 0 Å². The Bertz CT molecular complexity index is 494. The van der Waals surface area contributed by atoms with E-state index in [1.54, 1.807) is 0 Å². The molecular weight excluding hydrogens is 296 g/mol. The van der Waals surface area contributed by atoms with Crippen molar-refractivity contribution in [2.75, 3.05) is 4.90 Å². The maximum atomic E-state index is 4.26. The molecule has 0 N–H and O–H groups in total. The second-order valence-corrected chi connectivity index (χ2v) is 6.25. The summed E-state index contributed by atoms with van der Waals surface area (Å²) in [5.41, 5.74) is 1.22. The van der Waals surface area contributed by atoms with Crippen LogP contribution in [-0.2, 0) is 6.54 Å². The van der Waals surface area contributed by atoms with Crippen LogP contribution in [0.4, 0.5) is 5.69 Å². The summed E-state index contributed by atoms with van der Waals surface area (Å²) in [6.07, 6.45) is 6.40. The van der Waals surface area contributed by atoms with E-state index in [1.165, 1.54) is 23.4 Å². The zero-order valence-electron chi connectivity index (χ0n) is 9.34. The number of hydrogen-bond acceptors (Lipinski definition) is 3. The van der Waals surface area contributed by atoms with Crippen molar-refractivity contribution in [1.29, 1.82) is 0 Å². The Labute approximate surface area is 113 Å². The lowest BCUT2D eigenvalue weighted by Crippen LogP contribution is -2.24. The summed E-state index contributed by atoms with van der Waals surface area (Å²) >= 11 is 5.31. The third kappa shape index (κ3) is 2.69. The normalized spacial score (nSPS) is 14.9. The predicted molar refractivity (Wildman–Crippen MR) is 75.5 cm³/mol. The van der Waals surface area contributed by atoms with Gasteiger partial charge in [0.2, 0.25) is 0 Å². The second-order valence-electron chi connectivity index (χ2n) is 4.30. The summed E-state index contributed by atoms with van der Waals surface area (Å²) < 4.78 is 1.05. The standard InChI is InChI=1S/C13H13BrN2S/c14-10-6-12(8-15-7-10)16(11-3-4-11)9-13-2-1-5-17-13/h1-2,5-8,11H,3-4,9H2. The van der Waals surface area contributed by atoms with Crippen molar-refractivity contribution in [3.05, 3.63) is 45.3 Å². The highest BCUT2D eigenvalue weighted by Crippen LogP contribution is 2.34. The van der Waals surface area contributed by atoms with Crippen molar-refractivity contribution in [3.8, 4) is 0 Å². The van der Waals surface area contributed by atoms with Crippen LogP contribution in [0.5, 0.6) is 0 Å². The summed E-state index contributed by atoms with van der Waals surface area (Å²) in [5, 5.41) is 2.14. The van der Waals surface area contributed by atoms with Crippen LogP contribution >= 0.6 is 27.3 Å². The zero-order chi connectivity index (χ0) is 11.7. The molecule has 2 aromatic rings. The molecule has 0 aromatic carbocycles. The van der Waals surface area contributed by atoms with Crippen LogP contribution < -0.4 is 4.90 Å². The van der Waals surface area contributed by atoms with Gasteiger partial charge in [-0.2, -0.15) is 0 Å². The Morgan fingerprint density at radius 2 is 2.29 bits per heavy atom. The third-order valence-electron chi connectivity index (χ3n) is 2.92. The van der Waals surface area contributed by atoms with Crippen molar-refractivity contribution in [3.63, 3.8) is 0 Å².